The molecule has 0 aliphatic carbocycles. The molecule has 0 spiro atoms. The van der Waals surface area contributed by atoms with Crippen LogP contribution in [0.2, 0.25) is 0 Å². The molecule has 0 atom stereocenters. The number of ether oxygens (including phenoxy) is 2. The molecular formula is C21H36O4. The molecule has 0 aliphatic heterocycles. The molecule has 0 aliphatic rings. The highest BCUT2D eigenvalue weighted by molar-refractivity contribution is 5.91. The Morgan fingerprint density at radius 3 is 1.76 bits per heavy atom. The van der Waals surface area contributed by atoms with Crippen LogP contribution in [0.1, 0.15) is 84.5 Å². The molecule has 4 heteroatoms. The molecule has 0 saturated heterocycles. The summed E-state index contributed by atoms with van der Waals surface area (Å²) in [5, 5.41) is 0. The van der Waals surface area contributed by atoms with Crippen molar-refractivity contribution in [2.24, 2.45) is 0 Å². The fourth-order valence-electron chi connectivity index (χ4n) is 2.29. The van der Waals surface area contributed by atoms with Crippen LogP contribution >= 0.6 is 0 Å². The minimum atomic E-state index is -0.510. The predicted octanol–water partition coefficient (Wildman–Crippen LogP) is 5.52. The molecule has 0 N–H and O–H groups in total. The van der Waals surface area contributed by atoms with Gasteiger partial charge in [0.2, 0.25) is 0 Å². The minimum absolute atomic E-state index is 0.334. The van der Waals surface area contributed by atoms with E-state index in [1.54, 1.807) is 0 Å². The summed E-state index contributed by atoms with van der Waals surface area (Å²) in [7, 11) is 0. The number of esters is 2. The van der Waals surface area contributed by atoms with Crippen molar-refractivity contribution in [2.45, 2.75) is 84.5 Å². The molecule has 25 heavy (non-hydrogen) atoms. The van der Waals surface area contributed by atoms with Crippen LogP contribution in [0.3, 0.4) is 0 Å². The Balaban J connectivity index is 3.43. The highest BCUT2D eigenvalue weighted by Gasteiger charge is 1.99. The summed E-state index contributed by atoms with van der Waals surface area (Å²) in [4.78, 5) is 22.5. The molecule has 0 radical (unpaired) electrons. The maximum absolute atomic E-state index is 11.4. The third-order valence-electron chi connectivity index (χ3n) is 3.72. The molecular weight excluding hydrogens is 316 g/mol. The minimum Gasteiger partial charge on any atom is -0.463 e. The highest BCUT2D eigenvalue weighted by atomic mass is 16.5. The quantitative estimate of drug-likeness (QED) is 0.159. The Morgan fingerprint density at radius 2 is 1.16 bits per heavy atom. The van der Waals surface area contributed by atoms with E-state index >= 15 is 0 Å². The van der Waals surface area contributed by atoms with Crippen molar-refractivity contribution < 1.29 is 19.1 Å². The van der Waals surface area contributed by atoms with Crippen LogP contribution in [0, 0.1) is 0 Å². The van der Waals surface area contributed by atoms with Gasteiger partial charge in [0.1, 0.15) is 0 Å². The number of carbonyl (C=O) groups excluding carboxylic acids is 2. The zero-order chi connectivity index (χ0) is 18.6. The summed E-state index contributed by atoms with van der Waals surface area (Å²) in [5.74, 6) is -1.02. The van der Waals surface area contributed by atoms with Crippen molar-refractivity contribution in [3.05, 3.63) is 24.3 Å². The largest absolute Gasteiger partial charge is 0.463 e. The Kier molecular flexibility index (Phi) is 17.6. The second-order valence-corrected chi connectivity index (χ2v) is 6.19. The second kappa shape index (κ2) is 18.8. The Labute approximate surface area is 153 Å². The third kappa shape index (κ3) is 18.6. The van der Waals surface area contributed by atoms with Crippen LogP contribution in [0.5, 0.6) is 0 Å². The van der Waals surface area contributed by atoms with E-state index in [0.29, 0.717) is 19.6 Å². The normalized spacial score (nSPS) is 11.3. The number of rotatable bonds is 16. The van der Waals surface area contributed by atoms with E-state index < -0.39 is 11.9 Å². The summed E-state index contributed by atoms with van der Waals surface area (Å²) in [6.45, 7) is 4.85. The standard InChI is InChI=1S/C21H36O4/c1-3-5-6-7-8-9-10-11-12-13-14-15-19-25-21(23)17-16-20(22)24-18-4-2/h13-14,16-17H,3-12,15,18-19H2,1-2H3/b14-13+,17-16+. The van der Waals surface area contributed by atoms with E-state index in [1.807, 2.05) is 13.0 Å². The Morgan fingerprint density at radius 1 is 0.640 bits per heavy atom. The summed E-state index contributed by atoms with van der Waals surface area (Å²) < 4.78 is 9.82. The molecule has 0 bridgehead atoms. The lowest BCUT2D eigenvalue weighted by Gasteiger charge is -2.00. The summed E-state index contributed by atoms with van der Waals surface area (Å²) >= 11 is 0. The molecule has 0 aromatic heterocycles. The van der Waals surface area contributed by atoms with Crippen LogP contribution in [0.25, 0.3) is 0 Å². The van der Waals surface area contributed by atoms with Crippen molar-refractivity contribution >= 4 is 11.9 Å². The highest BCUT2D eigenvalue weighted by Crippen LogP contribution is 2.09. The molecule has 0 aromatic rings. The third-order valence-corrected chi connectivity index (χ3v) is 3.72. The lowest BCUT2D eigenvalue weighted by Crippen LogP contribution is -2.05. The second-order valence-electron chi connectivity index (χ2n) is 6.19. The van der Waals surface area contributed by atoms with Gasteiger partial charge in [-0.25, -0.2) is 9.59 Å². The molecule has 0 amide bonds. The lowest BCUT2D eigenvalue weighted by atomic mass is 10.1. The monoisotopic (exact) mass is 352 g/mol. The Hall–Kier alpha value is -1.58. The molecule has 0 aromatic carbocycles. The van der Waals surface area contributed by atoms with Crippen LogP contribution in [0.15, 0.2) is 24.3 Å². The molecule has 0 unspecified atom stereocenters. The van der Waals surface area contributed by atoms with Gasteiger partial charge in [-0.05, 0) is 25.7 Å². The van der Waals surface area contributed by atoms with Gasteiger partial charge in [-0.2, -0.15) is 0 Å². The van der Waals surface area contributed by atoms with E-state index in [9.17, 15) is 9.59 Å². The first-order chi connectivity index (χ1) is 12.2. The topological polar surface area (TPSA) is 52.6 Å². The van der Waals surface area contributed by atoms with E-state index in [2.05, 4.69) is 13.0 Å². The molecule has 4 nitrogen and oxygen atoms in total. The van der Waals surface area contributed by atoms with Crippen LogP contribution in [-0.4, -0.2) is 25.2 Å². The van der Waals surface area contributed by atoms with Gasteiger partial charge in [-0.15, -0.1) is 0 Å². The first-order valence-corrected chi connectivity index (χ1v) is 9.87. The fourth-order valence-corrected chi connectivity index (χ4v) is 2.29. The number of hydrogen-bond donors (Lipinski definition) is 0. The van der Waals surface area contributed by atoms with Gasteiger partial charge in [0.25, 0.3) is 0 Å². The van der Waals surface area contributed by atoms with Gasteiger partial charge in [-0.3, -0.25) is 0 Å². The number of allylic oxidation sites excluding steroid dienone is 1. The summed E-state index contributed by atoms with van der Waals surface area (Å²) in [6, 6.07) is 0. The summed E-state index contributed by atoms with van der Waals surface area (Å²) in [5.41, 5.74) is 0. The molecule has 0 saturated carbocycles. The van der Waals surface area contributed by atoms with Gasteiger partial charge in [0.15, 0.2) is 0 Å². The number of unbranched alkanes of at least 4 members (excludes halogenated alkanes) is 8. The predicted molar refractivity (Wildman–Crippen MR) is 102 cm³/mol. The first-order valence-electron chi connectivity index (χ1n) is 9.87. The molecule has 144 valence electrons. The maximum Gasteiger partial charge on any atom is 0.331 e. The Bertz CT molecular complexity index is 385. The average molecular weight is 353 g/mol. The van der Waals surface area contributed by atoms with E-state index in [0.717, 1.165) is 25.0 Å². The zero-order valence-electron chi connectivity index (χ0n) is 16.1. The molecule has 0 rings (SSSR count). The van der Waals surface area contributed by atoms with E-state index in [4.69, 9.17) is 9.47 Å². The molecule has 0 heterocycles. The fraction of sp³-hybridized carbons (Fsp3) is 0.714. The van der Waals surface area contributed by atoms with Crippen LogP contribution in [-0.2, 0) is 19.1 Å². The van der Waals surface area contributed by atoms with Gasteiger partial charge in [0, 0.05) is 12.2 Å². The van der Waals surface area contributed by atoms with Crippen molar-refractivity contribution in [2.75, 3.05) is 13.2 Å². The lowest BCUT2D eigenvalue weighted by molar-refractivity contribution is -0.140. The van der Waals surface area contributed by atoms with Crippen molar-refractivity contribution in [1.82, 2.24) is 0 Å². The number of hydrogen-bond acceptors (Lipinski definition) is 4. The molecule has 0 fully saturated rings. The smallest absolute Gasteiger partial charge is 0.331 e. The van der Waals surface area contributed by atoms with Crippen LogP contribution in [0.4, 0.5) is 0 Å². The zero-order valence-corrected chi connectivity index (χ0v) is 16.1. The van der Waals surface area contributed by atoms with Crippen molar-refractivity contribution in [1.29, 1.82) is 0 Å². The average Bonchev–Trinajstić information content (AvgIpc) is 2.62. The first kappa shape index (κ1) is 23.4. The van der Waals surface area contributed by atoms with Gasteiger partial charge in [0.05, 0.1) is 13.2 Å². The van der Waals surface area contributed by atoms with Crippen molar-refractivity contribution in [3.8, 4) is 0 Å². The van der Waals surface area contributed by atoms with Crippen LogP contribution < -0.4 is 0 Å². The van der Waals surface area contributed by atoms with Gasteiger partial charge in [-0.1, -0.05) is 70.9 Å². The summed E-state index contributed by atoms with van der Waals surface area (Å²) in [6.07, 6.45) is 19.6. The number of carbonyl (C=O) groups is 2. The van der Waals surface area contributed by atoms with E-state index in [1.165, 1.54) is 51.4 Å². The maximum atomic E-state index is 11.4. The van der Waals surface area contributed by atoms with Crippen molar-refractivity contribution in [3.63, 3.8) is 0 Å². The van der Waals surface area contributed by atoms with E-state index in [-0.39, 0.29) is 0 Å². The SMILES string of the molecule is CCCCCCCCCC/C=C/CCOC(=O)/C=C/C(=O)OCCC. The van der Waals surface area contributed by atoms with Gasteiger partial charge >= 0.3 is 11.9 Å². The van der Waals surface area contributed by atoms with Gasteiger partial charge < -0.3 is 9.47 Å².